The van der Waals surface area contributed by atoms with E-state index in [0.29, 0.717) is 5.92 Å². The highest BCUT2D eigenvalue weighted by atomic mass is 127. The first kappa shape index (κ1) is 20.4. The van der Waals surface area contributed by atoms with Crippen molar-refractivity contribution in [1.82, 2.24) is 0 Å². The zero-order valence-electron chi connectivity index (χ0n) is 16.9. The first-order valence-electron chi connectivity index (χ1n) is 10.1. The van der Waals surface area contributed by atoms with Gasteiger partial charge in [-0.2, -0.15) is 0 Å². The van der Waals surface area contributed by atoms with Crippen molar-refractivity contribution in [2.24, 2.45) is 11.3 Å². The molecular weight excluding hydrogens is 439 g/mol. The molecule has 0 heterocycles. The Bertz CT molecular complexity index is 830. The quantitative estimate of drug-likeness (QED) is 0.368. The molecule has 0 fully saturated rings. The summed E-state index contributed by atoms with van der Waals surface area (Å²) < 4.78 is 1.36. The summed E-state index contributed by atoms with van der Waals surface area (Å²) in [7, 11) is 0. The van der Waals surface area contributed by atoms with Crippen molar-refractivity contribution >= 4 is 28.7 Å². The van der Waals surface area contributed by atoms with E-state index in [9.17, 15) is 0 Å². The minimum absolute atomic E-state index is 0.137. The predicted molar refractivity (Wildman–Crippen MR) is 128 cm³/mol. The second-order valence-electron chi connectivity index (χ2n) is 8.24. The molecule has 0 bridgehead atoms. The third-order valence-corrected chi connectivity index (χ3v) is 6.89. The van der Waals surface area contributed by atoms with Crippen molar-refractivity contribution in [3.63, 3.8) is 0 Å². The molecular formula is C26H31I. The highest BCUT2D eigenvalue weighted by molar-refractivity contribution is 14.1. The Hall–Kier alpha value is -1.35. The number of allylic oxidation sites excluding steroid dienone is 8. The Morgan fingerprint density at radius 3 is 2.81 bits per heavy atom. The van der Waals surface area contributed by atoms with Crippen LogP contribution >= 0.6 is 22.6 Å². The Labute approximate surface area is 179 Å². The zero-order chi connectivity index (χ0) is 19.4. The minimum Gasteiger partial charge on any atom is -0.0988 e. The maximum absolute atomic E-state index is 4.12. The van der Waals surface area contributed by atoms with E-state index in [1.165, 1.54) is 38.7 Å². The summed E-state index contributed by atoms with van der Waals surface area (Å²) in [5.41, 5.74) is 7.60. The molecule has 0 radical (unpaired) electrons. The van der Waals surface area contributed by atoms with E-state index >= 15 is 0 Å². The maximum Gasteiger partial charge on any atom is 0.00898 e. The van der Waals surface area contributed by atoms with Gasteiger partial charge in [-0.1, -0.05) is 87.1 Å². The Kier molecular flexibility index (Phi) is 6.62. The highest BCUT2D eigenvalue weighted by Gasteiger charge is 2.35. The van der Waals surface area contributed by atoms with E-state index in [1.54, 1.807) is 5.57 Å². The van der Waals surface area contributed by atoms with Crippen molar-refractivity contribution < 1.29 is 0 Å². The van der Waals surface area contributed by atoms with Gasteiger partial charge in [0.25, 0.3) is 0 Å². The molecule has 0 amide bonds. The van der Waals surface area contributed by atoms with Gasteiger partial charge in [-0.3, -0.25) is 0 Å². The third-order valence-electron chi connectivity index (χ3n) is 6.13. The normalized spacial score (nSPS) is 23.0. The van der Waals surface area contributed by atoms with Crippen LogP contribution in [0.3, 0.4) is 0 Å². The minimum atomic E-state index is 0.137. The molecule has 1 heteroatoms. The molecule has 27 heavy (non-hydrogen) atoms. The van der Waals surface area contributed by atoms with Gasteiger partial charge in [-0.25, -0.2) is 0 Å². The number of hydrogen-bond acceptors (Lipinski definition) is 0. The van der Waals surface area contributed by atoms with Crippen LogP contribution in [0.4, 0.5) is 0 Å². The van der Waals surface area contributed by atoms with E-state index in [4.69, 9.17) is 0 Å². The lowest BCUT2D eigenvalue weighted by molar-refractivity contribution is 0.495. The molecule has 0 spiro atoms. The third kappa shape index (κ3) is 4.56. The monoisotopic (exact) mass is 470 g/mol. The molecule has 2 aliphatic rings. The second-order valence-corrected chi connectivity index (χ2v) is 9.48. The summed E-state index contributed by atoms with van der Waals surface area (Å²) in [6, 6.07) is 8.80. The first-order valence-corrected chi connectivity index (χ1v) is 11.2. The van der Waals surface area contributed by atoms with Crippen LogP contribution in [0.5, 0.6) is 0 Å². The van der Waals surface area contributed by atoms with Crippen molar-refractivity contribution in [1.29, 1.82) is 0 Å². The van der Waals surface area contributed by atoms with E-state index in [1.807, 2.05) is 0 Å². The SMILES string of the molecule is C=CC1=C(CCC2C=Cc3ccccc3C2)C(C)(C)/C(=C/C(I)=C\CC)C1. The molecule has 142 valence electrons. The molecule has 0 saturated heterocycles. The maximum atomic E-state index is 4.12. The average molecular weight is 470 g/mol. The van der Waals surface area contributed by atoms with Gasteiger partial charge in [0.1, 0.15) is 0 Å². The summed E-state index contributed by atoms with van der Waals surface area (Å²) >= 11 is 2.46. The highest BCUT2D eigenvalue weighted by Crippen LogP contribution is 2.50. The van der Waals surface area contributed by atoms with Gasteiger partial charge in [0.05, 0.1) is 0 Å². The van der Waals surface area contributed by atoms with Crippen LogP contribution in [0.2, 0.25) is 0 Å². The first-order chi connectivity index (χ1) is 13.0. The standard InChI is InChI=1S/C26H31I/c1-5-9-24(27)18-23-17-20(6-2)25(26(23,3)4)15-13-19-12-14-21-10-7-8-11-22(21)16-19/h6-12,14,18-19H,2,5,13,15-17H2,1,3-4H3/b23-18+,24-9+. The molecule has 1 aromatic carbocycles. The Morgan fingerprint density at radius 1 is 1.30 bits per heavy atom. The van der Waals surface area contributed by atoms with Gasteiger partial charge in [0.15, 0.2) is 0 Å². The van der Waals surface area contributed by atoms with E-state index in [2.05, 4.69) is 105 Å². The van der Waals surface area contributed by atoms with Crippen molar-refractivity contribution in [3.05, 3.63) is 86.6 Å². The topological polar surface area (TPSA) is 0 Å². The van der Waals surface area contributed by atoms with Gasteiger partial charge in [-0.15, -0.1) is 0 Å². The molecule has 0 aliphatic heterocycles. The van der Waals surface area contributed by atoms with Crippen LogP contribution in [0.25, 0.3) is 6.08 Å². The summed E-state index contributed by atoms with van der Waals surface area (Å²) in [4.78, 5) is 0. The molecule has 2 aliphatic carbocycles. The molecule has 1 unspecified atom stereocenters. The number of hydrogen-bond donors (Lipinski definition) is 0. The van der Waals surface area contributed by atoms with Crippen LogP contribution in [0.15, 0.2) is 75.4 Å². The molecule has 0 saturated carbocycles. The fourth-order valence-corrected chi connectivity index (χ4v) is 5.27. The summed E-state index contributed by atoms with van der Waals surface area (Å²) in [6.07, 6.45) is 17.2. The Morgan fingerprint density at radius 2 is 2.07 bits per heavy atom. The van der Waals surface area contributed by atoms with Crippen molar-refractivity contribution in [2.45, 2.75) is 52.9 Å². The van der Waals surface area contributed by atoms with Gasteiger partial charge < -0.3 is 0 Å². The largest absolute Gasteiger partial charge is 0.0988 e. The number of halogens is 1. The predicted octanol–water partition coefficient (Wildman–Crippen LogP) is 8.22. The summed E-state index contributed by atoms with van der Waals surface area (Å²) in [5, 5.41) is 0. The van der Waals surface area contributed by atoms with E-state index < -0.39 is 0 Å². The van der Waals surface area contributed by atoms with Gasteiger partial charge in [0.2, 0.25) is 0 Å². The van der Waals surface area contributed by atoms with Crippen molar-refractivity contribution in [3.8, 4) is 0 Å². The molecule has 3 rings (SSSR count). The van der Waals surface area contributed by atoms with Crippen LogP contribution in [0, 0.1) is 11.3 Å². The van der Waals surface area contributed by atoms with Crippen LogP contribution in [-0.4, -0.2) is 0 Å². The summed E-state index contributed by atoms with van der Waals surface area (Å²) in [6.45, 7) is 11.1. The smallest absolute Gasteiger partial charge is 0.00898 e. The van der Waals surface area contributed by atoms with Gasteiger partial charge in [0, 0.05) is 8.99 Å². The second kappa shape index (κ2) is 8.77. The Balaban J connectivity index is 1.74. The van der Waals surface area contributed by atoms with Crippen molar-refractivity contribution in [2.75, 3.05) is 0 Å². The molecule has 0 aromatic heterocycles. The van der Waals surface area contributed by atoms with Crippen LogP contribution < -0.4 is 0 Å². The number of benzene rings is 1. The molecule has 0 N–H and O–H groups in total. The number of rotatable bonds is 6. The van der Waals surface area contributed by atoms with E-state index in [-0.39, 0.29) is 5.41 Å². The summed E-state index contributed by atoms with van der Waals surface area (Å²) in [5.74, 6) is 0.641. The molecule has 0 nitrogen and oxygen atoms in total. The zero-order valence-corrected chi connectivity index (χ0v) is 19.1. The van der Waals surface area contributed by atoms with Crippen LogP contribution in [0.1, 0.15) is 57.6 Å². The van der Waals surface area contributed by atoms with Crippen LogP contribution in [-0.2, 0) is 6.42 Å². The lowest BCUT2D eigenvalue weighted by atomic mass is 9.77. The number of fused-ring (bicyclic) bond motifs is 1. The lowest BCUT2D eigenvalue weighted by Crippen LogP contribution is -2.15. The average Bonchev–Trinajstić information content (AvgIpc) is 2.89. The fraction of sp³-hybridized carbons (Fsp3) is 0.385. The lowest BCUT2D eigenvalue weighted by Gasteiger charge is -2.27. The molecule has 1 atom stereocenters. The fourth-order valence-electron chi connectivity index (χ4n) is 4.45. The molecule has 1 aromatic rings. The van der Waals surface area contributed by atoms with Gasteiger partial charge in [-0.05, 0) is 83.4 Å². The van der Waals surface area contributed by atoms with E-state index in [0.717, 1.165) is 19.3 Å². The van der Waals surface area contributed by atoms with Gasteiger partial charge >= 0.3 is 0 Å².